The molecule has 0 radical (unpaired) electrons. The fraction of sp³-hybridized carbons (Fsp3) is 0.333. The molecule has 5 heteroatoms. The van der Waals surface area contributed by atoms with Crippen LogP contribution in [0.15, 0.2) is 30.5 Å². The summed E-state index contributed by atoms with van der Waals surface area (Å²) < 4.78 is 0. The van der Waals surface area contributed by atoms with Gasteiger partial charge in [0, 0.05) is 30.6 Å². The summed E-state index contributed by atoms with van der Waals surface area (Å²) in [5.41, 5.74) is 1.43. The minimum atomic E-state index is -0.155. The van der Waals surface area contributed by atoms with E-state index in [0.717, 1.165) is 23.7 Å². The molecule has 1 aromatic carbocycles. The Labute approximate surface area is 116 Å². The van der Waals surface area contributed by atoms with Crippen molar-refractivity contribution < 1.29 is 9.59 Å². The van der Waals surface area contributed by atoms with E-state index in [9.17, 15) is 9.59 Å². The van der Waals surface area contributed by atoms with Gasteiger partial charge in [-0.1, -0.05) is 12.1 Å². The van der Waals surface area contributed by atoms with Crippen molar-refractivity contribution in [1.29, 1.82) is 0 Å². The number of H-pyrrole nitrogens is 1. The maximum Gasteiger partial charge on any atom is 0.253 e. The predicted molar refractivity (Wildman–Crippen MR) is 76.4 cm³/mol. The number of hydrogen-bond donors (Lipinski definition) is 3. The SMILES string of the molecule is O=C(CCNC(=O)c1cccc2cc[nH]c12)NC1CC1. The van der Waals surface area contributed by atoms with Crippen LogP contribution in [0.2, 0.25) is 0 Å². The van der Waals surface area contributed by atoms with E-state index in [1.165, 1.54) is 0 Å². The minimum Gasteiger partial charge on any atom is -0.361 e. The maximum absolute atomic E-state index is 12.1. The van der Waals surface area contributed by atoms with Crippen molar-refractivity contribution in [1.82, 2.24) is 15.6 Å². The van der Waals surface area contributed by atoms with Crippen LogP contribution in [0.25, 0.3) is 10.9 Å². The molecule has 0 aliphatic heterocycles. The van der Waals surface area contributed by atoms with Gasteiger partial charge in [0.2, 0.25) is 5.91 Å². The van der Waals surface area contributed by atoms with Gasteiger partial charge in [-0.3, -0.25) is 9.59 Å². The molecular formula is C15H17N3O2. The molecule has 104 valence electrons. The van der Waals surface area contributed by atoms with Crippen molar-refractivity contribution in [2.45, 2.75) is 25.3 Å². The van der Waals surface area contributed by atoms with E-state index in [4.69, 9.17) is 0 Å². The van der Waals surface area contributed by atoms with E-state index in [1.807, 2.05) is 24.4 Å². The monoisotopic (exact) mass is 271 g/mol. The number of benzene rings is 1. The third-order valence-electron chi connectivity index (χ3n) is 3.41. The van der Waals surface area contributed by atoms with E-state index in [2.05, 4.69) is 15.6 Å². The zero-order chi connectivity index (χ0) is 13.9. The Hall–Kier alpha value is -2.30. The van der Waals surface area contributed by atoms with Crippen LogP contribution >= 0.6 is 0 Å². The second-order valence-corrected chi connectivity index (χ2v) is 5.10. The zero-order valence-corrected chi connectivity index (χ0v) is 11.1. The molecule has 20 heavy (non-hydrogen) atoms. The summed E-state index contributed by atoms with van der Waals surface area (Å²) in [4.78, 5) is 26.7. The first-order chi connectivity index (χ1) is 9.74. The topological polar surface area (TPSA) is 74.0 Å². The summed E-state index contributed by atoms with van der Waals surface area (Å²) >= 11 is 0. The quantitative estimate of drug-likeness (QED) is 0.772. The molecule has 0 saturated heterocycles. The molecule has 5 nitrogen and oxygen atoms in total. The van der Waals surface area contributed by atoms with Gasteiger partial charge >= 0.3 is 0 Å². The van der Waals surface area contributed by atoms with E-state index in [0.29, 0.717) is 24.6 Å². The third-order valence-corrected chi connectivity index (χ3v) is 3.41. The first-order valence-electron chi connectivity index (χ1n) is 6.88. The molecule has 2 aromatic rings. The summed E-state index contributed by atoms with van der Waals surface area (Å²) in [6.45, 7) is 0.356. The lowest BCUT2D eigenvalue weighted by Gasteiger charge is -2.06. The molecule has 0 spiro atoms. The number of aromatic nitrogens is 1. The zero-order valence-electron chi connectivity index (χ0n) is 11.1. The van der Waals surface area contributed by atoms with Crippen LogP contribution in [0.5, 0.6) is 0 Å². The number of rotatable bonds is 5. The van der Waals surface area contributed by atoms with Crippen molar-refractivity contribution in [3.8, 4) is 0 Å². The van der Waals surface area contributed by atoms with Gasteiger partial charge in [0.15, 0.2) is 0 Å². The molecule has 1 aliphatic rings. The highest BCUT2D eigenvalue weighted by Crippen LogP contribution is 2.18. The Balaban J connectivity index is 1.56. The first kappa shape index (κ1) is 12.7. The van der Waals surface area contributed by atoms with Crippen LogP contribution in [-0.4, -0.2) is 29.4 Å². The molecule has 1 aromatic heterocycles. The fourth-order valence-corrected chi connectivity index (χ4v) is 2.19. The van der Waals surface area contributed by atoms with E-state index < -0.39 is 0 Å². The summed E-state index contributed by atoms with van der Waals surface area (Å²) in [5, 5.41) is 6.69. The van der Waals surface area contributed by atoms with Crippen LogP contribution in [0.4, 0.5) is 0 Å². The molecule has 0 bridgehead atoms. The van der Waals surface area contributed by atoms with Crippen molar-refractivity contribution in [2.24, 2.45) is 0 Å². The van der Waals surface area contributed by atoms with Gasteiger partial charge in [0.25, 0.3) is 5.91 Å². The summed E-state index contributed by atoms with van der Waals surface area (Å²) in [5.74, 6) is -0.150. The molecular weight excluding hydrogens is 254 g/mol. The lowest BCUT2D eigenvalue weighted by atomic mass is 10.1. The summed E-state index contributed by atoms with van der Waals surface area (Å²) in [7, 11) is 0. The number of amides is 2. The molecule has 1 heterocycles. The van der Waals surface area contributed by atoms with Gasteiger partial charge in [-0.2, -0.15) is 0 Å². The van der Waals surface area contributed by atoms with Gasteiger partial charge in [-0.25, -0.2) is 0 Å². The van der Waals surface area contributed by atoms with Gasteiger partial charge in [-0.05, 0) is 25.0 Å². The Kier molecular flexibility index (Phi) is 3.41. The molecule has 3 N–H and O–H groups in total. The first-order valence-corrected chi connectivity index (χ1v) is 6.88. The molecule has 3 rings (SSSR count). The lowest BCUT2D eigenvalue weighted by Crippen LogP contribution is -2.31. The van der Waals surface area contributed by atoms with Crippen LogP contribution in [0.3, 0.4) is 0 Å². The van der Waals surface area contributed by atoms with E-state index >= 15 is 0 Å². The molecule has 0 atom stereocenters. The van der Waals surface area contributed by atoms with Crippen molar-refractivity contribution in [3.05, 3.63) is 36.0 Å². The average molecular weight is 271 g/mol. The van der Waals surface area contributed by atoms with Crippen LogP contribution in [-0.2, 0) is 4.79 Å². The van der Waals surface area contributed by atoms with Crippen LogP contribution in [0.1, 0.15) is 29.6 Å². The predicted octanol–water partition coefficient (Wildman–Crippen LogP) is 1.57. The van der Waals surface area contributed by atoms with E-state index in [-0.39, 0.29) is 11.8 Å². The number of fused-ring (bicyclic) bond motifs is 1. The molecule has 0 unspecified atom stereocenters. The third kappa shape index (κ3) is 2.82. The van der Waals surface area contributed by atoms with Crippen molar-refractivity contribution in [2.75, 3.05) is 6.54 Å². The number of nitrogens with one attached hydrogen (secondary N) is 3. The van der Waals surface area contributed by atoms with Gasteiger partial charge in [0.1, 0.15) is 0 Å². The molecule has 1 fully saturated rings. The maximum atomic E-state index is 12.1. The average Bonchev–Trinajstić information content (AvgIpc) is 3.11. The normalized spacial score (nSPS) is 14.2. The Morgan fingerprint density at radius 1 is 1.25 bits per heavy atom. The Morgan fingerprint density at radius 3 is 2.90 bits per heavy atom. The van der Waals surface area contributed by atoms with Gasteiger partial charge in [0.05, 0.1) is 11.1 Å². The van der Waals surface area contributed by atoms with Crippen molar-refractivity contribution in [3.63, 3.8) is 0 Å². The van der Waals surface area contributed by atoms with E-state index in [1.54, 1.807) is 6.07 Å². The number of carbonyl (C=O) groups is 2. The molecule has 1 saturated carbocycles. The number of aromatic amines is 1. The second kappa shape index (κ2) is 5.36. The highest BCUT2D eigenvalue weighted by molar-refractivity contribution is 6.05. The standard InChI is InChI=1S/C15H17N3O2/c19-13(18-11-4-5-11)7-9-17-15(20)12-3-1-2-10-6-8-16-14(10)12/h1-3,6,8,11,16H,4-5,7,9H2,(H,17,20)(H,18,19). The lowest BCUT2D eigenvalue weighted by molar-refractivity contribution is -0.121. The van der Waals surface area contributed by atoms with Crippen LogP contribution < -0.4 is 10.6 Å². The van der Waals surface area contributed by atoms with Gasteiger partial charge < -0.3 is 15.6 Å². The highest BCUT2D eigenvalue weighted by atomic mass is 16.2. The highest BCUT2D eigenvalue weighted by Gasteiger charge is 2.22. The number of para-hydroxylation sites is 1. The summed E-state index contributed by atoms with van der Waals surface area (Å²) in [6, 6.07) is 7.87. The Bertz CT molecular complexity index is 643. The Morgan fingerprint density at radius 2 is 2.10 bits per heavy atom. The van der Waals surface area contributed by atoms with Crippen molar-refractivity contribution >= 4 is 22.7 Å². The van der Waals surface area contributed by atoms with Gasteiger partial charge in [-0.15, -0.1) is 0 Å². The summed E-state index contributed by atoms with van der Waals surface area (Å²) in [6.07, 6.45) is 4.29. The second-order valence-electron chi connectivity index (χ2n) is 5.10. The molecule has 1 aliphatic carbocycles. The largest absolute Gasteiger partial charge is 0.361 e. The molecule has 2 amide bonds. The fourth-order valence-electron chi connectivity index (χ4n) is 2.19. The minimum absolute atomic E-state index is 0.00545. The van der Waals surface area contributed by atoms with Crippen LogP contribution in [0, 0.1) is 0 Å². The smallest absolute Gasteiger partial charge is 0.253 e. The number of hydrogen-bond acceptors (Lipinski definition) is 2. The number of carbonyl (C=O) groups excluding carboxylic acids is 2.